The highest BCUT2D eigenvalue weighted by Gasteiger charge is 2.44. The van der Waals surface area contributed by atoms with E-state index in [2.05, 4.69) is 15.4 Å². The second kappa shape index (κ2) is 11.8. The summed E-state index contributed by atoms with van der Waals surface area (Å²) in [7, 11) is 0. The van der Waals surface area contributed by atoms with E-state index in [1.807, 2.05) is 0 Å². The topological polar surface area (TPSA) is 67.4 Å². The van der Waals surface area contributed by atoms with Crippen LogP contribution in [0.25, 0.3) is 11.1 Å². The molecule has 206 valence electrons. The van der Waals surface area contributed by atoms with Crippen LogP contribution in [0.2, 0.25) is 0 Å². The molecule has 3 aromatic carbocycles. The standard InChI is InChI=1S/C28H24F6N2O3/c29-19-9-7-17(8-10-19)24(36-27(38)35-23-5-2-6-25(23)37)14-16-3-1-4-18(13-16)21-15-20(11-12-22(21)30)39-28(33,34)26(31)32/h1,3-4,7-13,15,23-24,26H,2,5-6,14H2,(H2,35,36,38)/t23-,24-/m1/s1. The van der Waals surface area contributed by atoms with Crippen molar-refractivity contribution in [3.05, 3.63) is 89.5 Å². The molecule has 0 spiro atoms. The zero-order valence-corrected chi connectivity index (χ0v) is 20.4. The lowest BCUT2D eigenvalue weighted by Crippen LogP contribution is -2.45. The van der Waals surface area contributed by atoms with Gasteiger partial charge in [-0.1, -0.05) is 36.4 Å². The lowest BCUT2D eigenvalue weighted by Gasteiger charge is -2.22. The molecule has 11 heteroatoms. The first kappa shape index (κ1) is 28.0. The molecule has 0 heterocycles. The summed E-state index contributed by atoms with van der Waals surface area (Å²) in [6.45, 7) is 0. The van der Waals surface area contributed by atoms with Gasteiger partial charge in [-0.3, -0.25) is 4.79 Å². The van der Waals surface area contributed by atoms with Crippen LogP contribution in [0, 0.1) is 11.6 Å². The number of carbonyl (C=O) groups excluding carboxylic acids is 2. The molecule has 5 nitrogen and oxygen atoms in total. The number of Topliss-reactive ketones (excluding diaryl/α,β-unsaturated/α-hetero) is 1. The van der Waals surface area contributed by atoms with Crippen molar-refractivity contribution in [1.82, 2.24) is 10.6 Å². The Morgan fingerprint density at radius 2 is 1.77 bits per heavy atom. The summed E-state index contributed by atoms with van der Waals surface area (Å²) < 4.78 is 84.1. The van der Waals surface area contributed by atoms with Crippen molar-refractivity contribution in [2.24, 2.45) is 0 Å². The van der Waals surface area contributed by atoms with E-state index in [4.69, 9.17) is 0 Å². The van der Waals surface area contributed by atoms with Crippen molar-refractivity contribution in [3.8, 4) is 16.9 Å². The molecule has 1 fully saturated rings. The molecular formula is C28H24F6N2O3. The Morgan fingerprint density at radius 1 is 1.03 bits per heavy atom. The molecule has 0 aliphatic heterocycles. The van der Waals surface area contributed by atoms with Crippen LogP contribution < -0.4 is 15.4 Å². The van der Waals surface area contributed by atoms with Crippen molar-refractivity contribution in [1.29, 1.82) is 0 Å². The number of halogens is 6. The van der Waals surface area contributed by atoms with Crippen LogP contribution in [0.1, 0.15) is 36.4 Å². The van der Waals surface area contributed by atoms with Gasteiger partial charge in [0.1, 0.15) is 17.4 Å². The van der Waals surface area contributed by atoms with Gasteiger partial charge in [-0.25, -0.2) is 13.6 Å². The number of urea groups is 1. The number of hydrogen-bond acceptors (Lipinski definition) is 3. The highest BCUT2D eigenvalue weighted by Crippen LogP contribution is 2.33. The van der Waals surface area contributed by atoms with Gasteiger partial charge in [-0.05, 0) is 66.3 Å². The Morgan fingerprint density at radius 3 is 2.44 bits per heavy atom. The minimum atomic E-state index is -4.76. The molecule has 0 aromatic heterocycles. The second-order valence-electron chi connectivity index (χ2n) is 9.14. The van der Waals surface area contributed by atoms with E-state index < -0.39 is 48.0 Å². The minimum absolute atomic E-state index is 0.0595. The number of hydrogen-bond donors (Lipinski definition) is 2. The first-order chi connectivity index (χ1) is 18.5. The number of ketones is 1. The second-order valence-corrected chi connectivity index (χ2v) is 9.14. The van der Waals surface area contributed by atoms with E-state index in [1.165, 1.54) is 30.3 Å². The van der Waals surface area contributed by atoms with Crippen LogP contribution in [0.5, 0.6) is 5.75 Å². The average molecular weight is 550 g/mol. The van der Waals surface area contributed by atoms with Gasteiger partial charge in [-0.15, -0.1) is 0 Å². The smallest absolute Gasteiger partial charge is 0.428 e. The van der Waals surface area contributed by atoms with Crippen molar-refractivity contribution in [2.75, 3.05) is 0 Å². The van der Waals surface area contributed by atoms with Crippen molar-refractivity contribution in [3.63, 3.8) is 0 Å². The first-order valence-corrected chi connectivity index (χ1v) is 12.1. The van der Waals surface area contributed by atoms with Gasteiger partial charge in [-0.2, -0.15) is 17.6 Å². The van der Waals surface area contributed by atoms with Gasteiger partial charge in [0.05, 0.1) is 12.1 Å². The maximum absolute atomic E-state index is 14.6. The van der Waals surface area contributed by atoms with E-state index in [1.54, 1.807) is 18.2 Å². The summed E-state index contributed by atoms with van der Waals surface area (Å²) in [5.41, 5.74) is 1.23. The lowest BCUT2D eigenvalue weighted by molar-refractivity contribution is -0.253. The van der Waals surface area contributed by atoms with E-state index in [-0.39, 0.29) is 23.3 Å². The molecule has 0 saturated heterocycles. The number of nitrogens with one attached hydrogen (secondary N) is 2. The van der Waals surface area contributed by atoms with Gasteiger partial charge < -0.3 is 15.4 Å². The zero-order chi connectivity index (χ0) is 28.2. The molecule has 4 rings (SSSR count). The Bertz CT molecular complexity index is 1330. The SMILES string of the molecule is O=C(N[C@@H]1CCCC1=O)N[C@H](Cc1cccc(-c2cc(OC(F)(F)C(F)F)ccc2F)c1)c1ccc(F)cc1. The maximum Gasteiger partial charge on any atom is 0.461 e. The molecule has 2 N–H and O–H groups in total. The van der Waals surface area contributed by atoms with Crippen molar-refractivity contribution in [2.45, 2.75) is 50.3 Å². The fraction of sp³-hybridized carbons (Fsp3) is 0.286. The molecule has 1 aliphatic carbocycles. The third-order valence-corrected chi connectivity index (χ3v) is 6.31. The normalized spacial score (nSPS) is 16.3. The number of alkyl halides is 4. The van der Waals surface area contributed by atoms with Gasteiger partial charge in [0.15, 0.2) is 5.78 Å². The molecule has 0 radical (unpaired) electrons. The number of benzene rings is 3. The molecule has 2 amide bonds. The summed E-state index contributed by atoms with van der Waals surface area (Å²) >= 11 is 0. The monoisotopic (exact) mass is 550 g/mol. The van der Waals surface area contributed by atoms with Crippen LogP contribution >= 0.6 is 0 Å². The number of carbonyl (C=O) groups is 2. The molecule has 3 aromatic rings. The molecule has 39 heavy (non-hydrogen) atoms. The lowest BCUT2D eigenvalue weighted by atomic mass is 9.95. The largest absolute Gasteiger partial charge is 0.461 e. The van der Waals surface area contributed by atoms with Crippen LogP contribution in [-0.2, 0) is 11.2 Å². The van der Waals surface area contributed by atoms with Gasteiger partial charge in [0.2, 0.25) is 0 Å². The average Bonchev–Trinajstić information content (AvgIpc) is 3.29. The van der Waals surface area contributed by atoms with Crippen molar-refractivity contribution >= 4 is 11.8 Å². The van der Waals surface area contributed by atoms with Crippen LogP contribution in [0.4, 0.5) is 31.1 Å². The first-order valence-electron chi connectivity index (χ1n) is 12.1. The predicted molar refractivity (Wildman–Crippen MR) is 131 cm³/mol. The van der Waals surface area contributed by atoms with Crippen molar-refractivity contribution < 1.29 is 40.7 Å². The summed E-state index contributed by atoms with van der Waals surface area (Å²) in [4.78, 5) is 24.6. The Balaban J connectivity index is 1.58. The van der Waals surface area contributed by atoms with E-state index >= 15 is 0 Å². The summed E-state index contributed by atoms with van der Waals surface area (Å²) in [6, 6.07) is 12.4. The molecule has 0 bridgehead atoms. The molecule has 1 saturated carbocycles. The predicted octanol–water partition coefficient (Wildman–Crippen LogP) is 6.57. The summed E-state index contributed by atoms with van der Waals surface area (Å²) in [5, 5.41) is 5.44. The molecule has 2 atom stereocenters. The highest BCUT2D eigenvalue weighted by molar-refractivity contribution is 5.90. The summed E-state index contributed by atoms with van der Waals surface area (Å²) in [6.07, 6.45) is -7.06. The third kappa shape index (κ3) is 7.10. The molecular weight excluding hydrogens is 526 g/mol. The van der Waals surface area contributed by atoms with Gasteiger partial charge >= 0.3 is 18.6 Å². The number of ether oxygens (including phenoxy) is 1. The van der Waals surface area contributed by atoms with Crippen LogP contribution in [0.15, 0.2) is 66.7 Å². The summed E-state index contributed by atoms with van der Waals surface area (Å²) in [5.74, 6) is -1.98. The Kier molecular flexibility index (Phi) is 8.47. The van der Waals surface area contributed by atoms with E-state index in [0.29, 0.717) is 30.4 Å². The molecule has 0 unspecified atom stereocenters. The fourth-order valence-electron chi connectivity index (χ4n) is 4.37. The van der Waals surface area contributed by atoms with Gasteiger partial charge in [0.25, 0.3) is 0 Å². The zero-order valence-electron chi connectivity index (χ0n) is 20.4. The maximum atomic E-state index is 14.6. The molecule has 1 aliphatic rings. The Labute approximate surface area is 220 Å². The number of amides is 2. The number of rotatable bonds is 9. The van der Waals surface area contributed by atoms with Gasteiger partial charge in [0, 0.05) is 12.0 Å². The third-order valence-electron chi connectivity index (χ3n) is 6.31. The highest BCUT2D eigenvalue weighted by atomic mass is 19.3. The van der Waals surface area contributed by atoms with E-state index in [0.717, 1.165) is 18.2 Å². The van der Waals surface area contributed by atoms with E-state index in [9.17, 15) is 35.9 Å². The fourth-order valence-corrected chi connectivity index (χ4v) is 4.37. The van der Waals surface area contributed by atoms with Crippen LogP contribution in [0.3, 0.4) is 0 Å². The van der Waals surface area contributed by atoms with Crippen LogP contribution in [-0.4, -0.2) is 30.4 Å². The minimum Gasteiger partial charge on any atom is -0.428 e. The Hall–Kier alpha value is -4.02. The quantitative estimate of drug-likeness (QED) is 0.296.